The van der Waals surface area contributed by atoms with Crippen LogP contribution in [0.4, 0.5) is 13.2 Å². The molecule has 1 aliphatic rings. The van der Waals surface area contributed by atoms with Gasteiger partial charge in [0, 0.05) is 5.54 Å². The predicted octanol–water partition coefficient (Wildman–Crippen LogP) is 3.10. The van der Waals surface area contributed by atoms with Gasteiger partial charge in [-0.05, 0) is 49.8 Å². The van der Waals surface area contributed by atoms with E-state index in [0.717, 1.165) is 6.07 Å². The molecule has 106 valence electrons. The van der Waals surface area contributed by atoms with Crippen molar-refractivity contribution in [1.29, 1.82) is 0 Å². The molecule has 0 radical (unpaired) electrons. The Labute approximate surface area is 110 Å². The lowest BCUT2D eigenvalue weighted by atomic mass is 9.76. The maximum absolute atomic E-state index is 12.9. The number of halogens is 3. The molecule has 1 aromatic rings. The highest BCUT2D eigenvalue weighted by Crippen LogP contribution is 2.39. The number of aliphatic hydroxyl groups is 1. The number of benzene rings is 1. The molecule has 1 aliphatic carbocycles. The van der Waals surface area contributed by atoms with Crippen LogP contribution in [0.15, 0.2) is 18.2 Å². The van der Waals surface area contributed by atoms with Crippen LogP contribution in [0.1, 0.15) is 42.4 Å². The SMILES string of the molecule is Cc1ccc(C2(N)CCC(O)CC2)cc1C(F)(F)F. The largest absolute Gasteiger partial charge is 0.416 e. The Morgan fingerprint density at radius 2 is 1.84 bits per heavy atom. The van der Waals surface area contributed by atoms with Crippen molar-refractivity contribution in [3.05, 3.63) is 34.9 Å². The molecule has 19 heavy (non-hydrogen) atoms. The Hall–Kier alpha value is -1.07. The van der Waals surface area contributed by atoms with E-state index in [-0.39, 0.29) is 11.7 Å². The summed E-state index contributed by atoms with van der Waals surface area (Å²) in [6, 6.07) is 4.30. The highest BCUT2D eigenvalue weighted by atomic mass is 19.4. The number of nitrogens with two attached hydrogens (primary N) is 1. The molecule has 0 amide bonds. The van der Waals surface area contributed by atoms with Gasteiger partial charge < -0.3 is 10.8 Å². The van der Waals surface area contributed by atoms with Crippen LogP contribution in [0, 0.1) is 6.92 Å². The van der Waals surface area contributed by atoms with E-state index in [2.05, 4.69) is 0 Å². The third kappa shape index (κ3) is 2.92. The van der Waals surface area contributed by atoms with Crippen molar-refractivity contribution in [2.75, 3.05) is 0 Å². The molecule has 1 saturated carbocycles. The highest BCUT2D eigenvalue weighted by molar-refractivity contribution is 5.37. The number of aliphatic hydroxyl groups excluding tert-OH is 1. The molecule has 2 rings (SSSR count). The molecular weight excluding hydrogens is 255 g/mol. The second kappa shape index (κ2) is 4.80. The van der Waals surface area contributed by atoms with E-state index in [1.807, 2.05) is 0 Å². The molecule has 0 spiro atoms. The van der Waals surface area contributed by atoms with E-state index in [4.69, 9.17) is 5.73 Å². The third-order valence-corrected chi connectivity index (χ3v) is 3.97. The van der Waals surface area contributed by atoms with Gasteiger partial charge in [0.25, 0.3) is 0 Å². The van der Waals surface area contributed by atoms with E-state index < -0.39 is 17.3 Å². The summed E-state index contributed by atoms with van der Waals surface area (Å²) in [5.74, 6) is 0. The molecular formula is C14H18F3NO. The maximum atomic E-state index is 12.9. The fourth-order valence-electron chi connectivity index (χ4n) is 2.64. The quantitative estimate of drug-likeness (QED) is 0.826. The van der Waals surface area contributed by atoms with Crippen molar-refractivity contribution in [3.63, 3.8) is 0 Å². The predicted molar refractivity (Wildman–Crippen MR) is 66.5 cm³/mol. The van der Waals surface area contributed by atoms with Gasteiger partial charge in [-0.2, -0.15) is 13.2 Å². The molecule has 0 aromatic heterocycles. The standard InChI is InChI=1S/C14H18F3NO/c1-9-2-3-10(8-12(9)14(15,16)17)13(18)6-4-11(19)5-7-13/h2-3,8,11,19H,4-7,18H2,1H3. The average Bonchev–Trinajstić information content (AvgIpc) is 2.32. The topological polar surface area (TPSA) is 46.2 Å². The van der Waals surface area contributed by atoms with Crippen molar-refractivity contribution in [2.24, 2.45) is 5.73 Å². The molecule has 2 nitrogen and oxygen atoms in total. The maximum Gasteiger partial charge on any atom is 0.416 e. The fourth-order valence-corrected chi connectivity index (χ4v) is 2.64. The minimum atomic E-state index is -4.36. The second-order valence-electron chi connectivity index (χ2n) is 5.41. The normalized spacial score (nSPS) is 28.4. The molecule has 0 aliphatic heterocycles. The third-order valence-electron chi connectivity index (χ3n) is 3.97. The number of hydrogen-bond acceptors (Lipinski definition) is 2. The van der Waals surface area contributed by atoms with Crippen molar-refractivity contribution in [3.8, 4) is 0 Å². The van der Waals surface area contributed by atoms with Gasteiger partial charge in [0.05, 0.1) is 11.7 Å². The summed E-state index contributed by atoms with van der Waals surface area (Å²) in [7, 11) is 0. The Balaban J connectivity index is 2.36. The number of aryl methyl sites for hydroxylation is 1. The molecule has 0 bridgehead atoms. The molecule has 1 fully saturated rings. The average molecular weight is 273 g/mol. The summed E-state index contributed by atoms with van der Waals surface area (Å²) in [6.07, 6.45) is -2.66. The van der Waals surface area contributed by atoms with Crippen LogP contribution in [0.25, 0.3) is 0 Å². The first kappa shape index (κ1) is 14.3. The molecule has 0 atom stereocenters. The summed E-state index contributed by atoms with van der Waals surface area (Å²) in [5.41, 5.74) is 5.56. The van der Waals surface area contributed by atoms with Crippen molar-refractivity contribution in [2.45, 2.75) is 50.4 Å². The van der Waals surface area contributed by atoms with Gasteiger partial charge in [-0.1, -0.05) is 12.1 Å². The van der Waals surface area contributed by atoms with Gasteiger partial charge >= 0.3 is 6.18 Å². The first-order valence-corrected chi connectivity index (χ1v) is 6.38. The minimum Gasteiger partial charge on any atom is -0.393 e. The van der Waals surface area contributed by atoms with Crippen molar-refractivity contribution in [1.82, 2.24) is 0 Å². The van der Waals surface area contributed by atoms with Gasteiger partial charge in [0.15, 0.2) is 0 Å². The zero-order chi connectivity index (χ0) is 14.3. The van der Waals surface area contributed by atoms with Crippen LogP contribution in [0.3, 0.4) is 0 Å². The van der Waals surface area contributed by atoms with Crippen LogP contribution in [0.2, 0.25) is 0 Å². The van der Waals surface area contributed by atoms with E-state index in [1.54, 1.807) is 6.07 Å². The summed E-state index contributed by atoms with van der Waals surface area (Å²) in [5, 5.41) is 9.48. The van der Waals surface area contributed by atoms with Crippen LogP contribution in [-0.4, -0.2) is 11.2 Å². The fraction of sp³-hybridized carbons (Fsp3) is 0.571. The van der Waals surface area contributed by atoms with E-state index >= 15 is 0 Å². The van der Waals surface area contributed by atoms with Gasteiger partial charge in [0.1, 0.15) is 0 Å². The van der Waals surface area contributed by atoms with Crippen LogP contribution >= 0.6 is 0 Å². The lowest BCUT2D eigenvalue weighted by Crippen LogP contribution is -2.41. The van der Waals surface area contributed by atoms with Gasteiger partial charge in [-0.3, -0.25) is 0 Å². The summed E-state index contributed by atoms with van der Waals surface area (Å²) in [4.78, 5) is 0. The summed E-state index contributed by atoms with van der Waals surface area (Å²) >= 11 is 0. The Morgan fingerprint density at radius 3 is 2.37 bits per heavy atom. The van der Waals surface area contributed by atoms with Crippen molar-refractivity contribution < 1.29 is 18.3 Å². The zero-order valence-corrected chi connectivity index (χ0v) is 10.8. The number of rotatable bonds is 1. The molecule has 1 aromatic carbocycles. The van der Waals surface area contributed by atoms with Crippen LogP contribution < -0.4 is 5.73 Å². The Bertz CT molecular complexity index is 462. The molecule has 3 N–H and O–H groups in total. The zero-order valence-electron chi connectivity index (χ0n) is 10.8. The van der Waals surface area contributed by atoms with Crippen molar-refractivity contribution >= 4 is 0 Å². The Morgan fingerprint density at radius 1 is 1.26 bits per heavy atom. The lowest BCUT2D eigenvalue weighted by molar-refractivity contribution is -0.138. The molecule has 0 heterocycles. The monoisotopic (exact) mass is 273 g/mol. The minimum absolute atomic E-state index is 0.204. The Kier molecular flexibility index (Phi) is 3.62. The highest BCUT2D eigenvalue weighted by Gasteiger charge is 2.37. The van der Waals surface area contributed by atoms with Crippen LogP contribution in [0.5, 0.6) is 0 Å². The van der Waals surface area contributed by atoms with E-state index in [1.165, 1.54) is 13.0 Å². The smallest absolute Gasteiger partial charge is 0.393 e. The first-order chi connectivity index (χ1) is 8.72. The van der Waals surface area contributed by atoms with Crippen LogP contribution in [-0.2, 0) is 11.7 Å². The summed E-state index contributed by atoms with van der Waals surface area (Å²) in [6.45, 7) is 1.44. The van der Waals surface area contributed by atoms with Gasteiger partial charge in [0.2, 0.25) is 0 Å². The summed E-state index contributed by atoms with van der Waals surface area (Å²) < 4.78 is 38.7. The molecule has 0 saturated heterocycles. The van der Waals surface area contributed by atoms with Gasteiger partial charge in [-0.15, -0.1) is 0 Å². The van der Waals surface area contributed by atoms with Gasteiger partial charge in [-0.25, -0.2) is 0 Å². The molecule has 5 heteroatoms. The number of hydrogen-bond donors (Lipinski definition) is 2. The van der Waals surface area contributed by atoms with E-state index in [9.17, 15) is 18.3 Å². The number of alkyl halides is 3. The van der Waals surface area contributed by atoms with E-state index in [0.29, 0.717) is 31.2 Å². The second-order valence-corrected chi connectivity index (χ2v) is 5.41. The molecule has 0 unspecified atom stereocenters. The lowest BCUT2D eigenvalue weighted by Gasteiger charge is -2.36. The first-order valence-electron chi connectivity index (χ1n) is 6.38.